The van der Waals surface area contributed by atoms with Gasteiger partial charge in [0.15, 0.2) is 0 Å². The zero-order valence-electron chi connectivity index (χ0n) is 25.1. The van der Waals surface area contributed by atoms with Gasteiger partial charge in [0, 0.05) is 6.61 Å². The maximum absolute atomic E-state index is 8.07. The fourth-order valence-electron chi connectivity index (χ4n) is 3.50. The van der Waals surface area contributed by atoms with E-state index in [4.69, 9.17) is 5.11 Å². The molecule has 0 aliphatic carbocycles. The van der Waals surface area contributed by atoms with E-state index in [0.29, 0.717) is 6.61 Å². The van der Waals surface area contributed by atoms with E-state index in [1.165, 1.54) is 97.6 Å². The van der Waals surface area contributed by atoms with Crippen LogP contribution in [0.5, 0.6) is 0 Å². The highest BCUT2D eigenvalue weighted by molar-refractivity contribution is 5.08. The summed E-state index contributed by atoms with van der Waals surface area (Å²) in [5.74, 6) is 0. The number of rotatable bonds is 17. The van der Waals surface area contributed by atoms with Crippen LogP contribution in [0.15, 0.2) is 69.9 Å². The molecule has 0 saturated carbocycles. The molecule has 0 amide bonds. The lowest BCUT2D eigenvalue weighted by atomic mass is 10.0. The van der Waals surface area contributed by atoms with E-state index in [2.05, 4.69) is 98.8 Å². The van der Waals surface area contributed by atoms with E-state index in [0.717, 1.165) is 12.8 Å². The highest BCUT2D eigenvalue weighted by atomic mass is 16.2. The molecule has 0 atom stereocenters. The normalized spacial score (nSPS) is 12.7. The molecule has 0 aromatic carbocycles. The summed E-state index contributed by atoms with van der Waals surface area (Å²) >= 11 is 0. The van der Waals surface area contributed by atoms with Crippen LogP contribution in [-0.4, -0.2) is 11.7 Å². The van der Waals surface area contributed by atoms with Crippen molar-refractivity contribution < 1.29 is 5.11 Å². The smallest absolute Gasteiger partial charge is 0.0430 e. The van der Waals surface area contributed by atoms with Crippen LogP contribution in [0.3, 0.4) is 0 Å². The van der Waals surface area contributed by atoms with Gasteiger partial charge in [-0.2, -0.15) is 0 Å². The third kappa shape index (κ3) is 30.4. The van der Waals surface area contributed by atoms with E-state index in [1.54, 1.807) is 0 Å². The second-order valence-electron chi connectivity index (χ2n) is 10.6. The van der Waals surface area contributed by atoms with Gasteiger partial charge in [-0.3, -0.25) is 0 Å². The predicted molar refractivity (Wildman–Crippen MR) is 162 cm³/mol. The summed E-state index contributed by atoms with van der Waals surface area (Å²) in [5, 5.41) is 8.07. The molecule has 0 heterocycles. The summed E-state index contributed by atoms with van der Waals surface area (Å²) in [4.78, 5) is 0. The molecule has 0 aliphatic heterocycles. The lowest BCUT2D eigenvalue weighted by Gasteiger charge is -2.02. The topological polar surface area (TPSA) is 20.2 Å². The van der Waals surface area contributed by atoms with Crippen molar-refractivity contribution in [2.75, 3.05) is 6.61 Å². The Morgan fingerprint density at radius 3 is 0.971 bits per heavy atom. The molecule has 0 saturated heterocycles. The Hall–Kier alpha value is -1.60. The van der Waals surface area contributed by atoms with Gasteiger partial charge in [0.1, 0.15) is 0 Å². The number of unbranched alkanes of at least 4 members (excludes halogenated alkanes) is 2. The summed E-state index contributed by atoms with van der Waals surface area (Å²) in [5.41, 5.74) is 8.97. The summed E-state index contributed by atoms with van der Waals surface area (Å²) in [6.45, 7) is 20.2. The number of hydrogen-bond donors (Lipinski definition) is 1. The monoisotopic (exact) mass is 484 g/mol. The third-order valence-corrected chi connectivity index (χ3v) is 5.91. The number of allylic oxidation sites excluding steroid dienone is 12. The van der Waals surface area contributed by atoms with Crippen molar-refractivity contribution >= 4 is 0 Å². The fourth-order valence-corrected chi connectivity index (χ4v) is 3.50. The maximum atomic E-state index is 8.07. The molecule has 0 fully saturated rings. The van der Waals surface area contributed by atoms with Crippen molar-refractivity contribution in [2.24, 2.45) is 0 Å². The largest absolute Gasteiger partial charge is 0.396 e. The summed E-state index contributed by atoms with van der Waals surface area (Å²) < 4.78 is 0. The quantitative estimate of drug-likeness (QED) is 0.161. The van der Waals surface area contributed by atoms with Crippen molar-refractivity contribution in [3.8, 4) is 0 Å². The highest BCUT2D eigenvalue weighted by Gasteiger charge is 1.94. The molecule has 0 radical (unpaired) electrons. The van der Waals surface area contributed by atoms with Gasteiger partial charge in [-0.05, 0) is 126 Å². The van der Waals surface area contributed by atoms with Crippen LogP contribution in [-0.2, 0) is 0 Å². The Balaban J connectivity index is 0. The minimum atomic E-state index is 0.344. The molecule has 0 aliphatic rings. The average Bonchev–Trinajstić information content (AvgIpc) is 2.77. The van der Waals surface area contributed by atoms with Crippen LogP contribution in [0, 0.1) is 0 Å². The van der Waals surface area contributed by atoms with Gasteiger partial charge < -0.3 is 5.11 Å². The van der Waals surface area contributed by atoms with Crippen LogP contribution < -0.4 is 0 Å². The van der Waals surface area contributed by atoms with Crippen LogP contribution >= 0.6 is 0 Å². The maximum Gasteiger partial charge on any atom is 0.0430 e. The van der Waals surface area contributed by atoms with E-state index in [-0.39, 0.29) is 0 Å². The number of hydrogen-bond acceptors (Lipinski definition) is 1. The SMILES string of the molecule is CC(C)=CCCC(C)=CCCC(C)=CCCC=C(C)CCC=C(C)CCC=C(C)C.CCCCO. The van der Waals surface area contributed by atoms with Crippen LogP contribution in [0.25, 0.3) is 0 Å². The summed E-state index contributed by atoms with van der Waals surface area (Å²) in [6, 6.07) is 0. The highest BCUT2D eigenvalue weighted by Crippen LogP contribution is 2.14. The second kappa shape index (κ2) is 25.5. The minimum Gasteiger partial charge on any atom is -0.396 e. The van der Waals surface area contributed by atoms with Gasteiger partial charge in [-0.1, -0.05) is 83.2 Å². The van der Waals surface area contributed by atoms with E-state index >= 15 is 0 Å². The van der Waals surface area contributed by atoms with Gasteiger partial charge in [-0.25, -0.2) is 0 Å². The molecule has 1 heteroatoms. The number of aliphatic hydroxyl groups is 1. The van der Waals surface area contributed by atoms with Crippen molar-refractivity contribution in [1.29, 1.82) is 0 Å². The Morgan fingerprint density at radius 2 is 0.743 bits per heavy atom. The lowest BCUT2D eigenvalue weighted by Crippen LogP contribution is -1.82. The zero-order chi connectivity index (χ0) is 26.9. The molecule has 0 bridgehead atoms. The van der Waals surface area contributed by atoms with Gasteiger partial charge in [0.05, 0.1) is 0 Å². The minimum absolute atomic E-state index is 0.344. The van der Waals surface area contributed by atoms with E-state index < -0.39 is 0 Å². The zero-order valence-corrected chi connectivity index (χ0v) is 25.1. The molecule has 0 unspecified atom stereocenters. The van der Waals surface area contributed by atoms with Crippen molar-refractivity contribution in [3.05, 3.63) is 69.9 Å². The average molecular weight is 485 g/mol. The molecule has 0 aromatic rings. The van der Waals surface area contributed by atoms with Crippen LogP contribution in [0.2, 0.25) is 0 Å². The Morgan fingerprint density at radius 1 is 0.457 bits per heavy atom. The molecule has 0 spiro atoms. The van der Waals surface area contributed by atoms with Crippen molar-refractivity contribution in [3.63, 3.8) is 0 Å². The van der Waals surface area contributed by atoms with Crippen molar-refractivity contribution in [2.45, 2.75) is 139 Å². The van der Waals surface area contributed by atoms with Gasteiger partial charge in [-0.15, -0.1) is 0 Å². The molecule has 0 aromatic heterocycles. The van der Waals surface area contributed by atoms with E-state index in [1.807, 2.05) is 0 Å². The second-order valence-corrected chi connectivity index (χ2v) is 10.6. The first-order valence-corrected chi connectivity index (χ1v) is 14.1. The third-order valence-electron chi connectivity index (χ3n) is 5.91. The Kier molecular flexibility index (Phi) is 25.9. The fraction of sp³-hybridized carbons (Fsp3) is 0.647. The van der Waals surface area contributed by atoms with Gasteiger partial charge in [0.25, 0.3) is 0 Å². The van der Waals surface area contributed by atoms with Crippen molar-refractivity contribution in [1.82, 2.24) is 0 Å². The summed E-state index contributed by atoms with van der Waals surface area (Å²) in [6.07, 6.45) is 28.3. The lowest BCUT2D eigenvalue weighted by molar-refractivity contribution is 0.287. The predicted octanol–water partition coefficient (Wildman–Crippen LogP) is 11.4. The molecular weight excluding hydrogens is 424 g/mol. The van der Waals surface area contributed by atoms with Gasteiger partial charge >= 0.3 is 0 Å². The van der Waals surface area contributed by atoms with Crippen LogP contribution in [0.4, 0.5) is 0 Å². The molecule has 0 rings (SSSR count). The van der Waals surface area contributed by atoms with Gasteiger partial charge in [0.2, 0.25) is 0 Å². The van der Waals surface area contributed by atoms with Crippen LogP contribution in [0.1, 0.15) is 139 Å². The Labute approximate surface area is 220 Å². The molecule has 1 nitrogen and oxygen atoms in total. The first-order valence-electron chi connectivity index (χ1n) is 14.1. The Bertz CT molecular complexity index is 626. The summed E-state index contributed by atoms with van der Waals surface area (Å²) in [7, 11) is 0. The first kappa shape index (κ1) is 35.6. The molecular formula is C34H60O. The molecule has 202 valence electrons. The first-order chi connectivity index (χ1) is 16.6. The molecule has 35 heavy (non-hydrogen) atoms. The molecule has 1 N–H and O–H groups in total. The van der Waals surface area contributed by atoms with E-state index in [9.17, 15) is 0 Å². The standard InChI is InChI=1S/C30H50.C4H10O/c1-25(2)15-11-19-29(7)23-13-21-27(5)17-9-10-18-28(6)22-14-24-30(8)20-12-16-26(3)4;1-2-3-4-5/h15-18,23-24H,9-14,19-22H2,1-8H3;5H,2-4H2,1H3. The number of aliphatic hydroxyl groups excluding tert-OH is 1.